The molecule has 1 aliphatic rings. The molecule has 0 spiro atoms. The van der Waals surface area contributed by atoms with Crippen LogP contribution in [0.4, 0.5) is 5.69 Å². The second-order valence-corrected chi connectivity index (χ2v) is 9.95. The normalized spacial score (nSPS) is 16.8. The Balaban J connectivity index is 1.55. The molecule has 180 valence electrons. The fourth-order valence-electron chi connectivity index (χ4n) is 4.18. The molecule has 2 heterocycles. The van der Waals surface area contributed by atoms with Crippen LogP contribution in [0.1, 0.15) is 26.7 Å². The van der Waals surface area contributed by atoms with Crippen LogP contribution in [-0.2, 0) is 14.8 Å². The SMILES string of the molecule is CCOc1ccc(OCC)c(NC(=O)[C@H]2CCCN(S(=O)(=O)c3cccc4cccnc34)C2)c1. The van der Waals surface area contributed by atoms with E-state index in [0.717, 1.165) is 5.39 Å². The molecule has 0 aliphatic carbocycles. The van der Waals surface area contributed by atoms with E-state index in [1.807, 2.05) is 26.0 Å². The predicted molar refractivity (Wildman–Crippen MR) is 131 cm³/mol. The number of anilines is 1. The van der Waals surface area contributed by atoms with E-state index >= 15 is 0 Å². The lowest BCUT2D eigenvalue weighted by Gasteiger charge is -2.31. The van der Waals surface area contributed by atoms with Gasteiger partial charge in [0.15, 0.2) is 0 Å². The lowest BCUT2D eigenvalue weighted by atomic mass is 9.98. The molecule has 9 heteroatoms. The largest absolute Gasteiger partial charge is 0.494 e. The molecule has 0 saturated carbocycles. The first-order valence-corrected chi connectivity index (χ1v) is 12.9. The van der Waals surface area contributed by atoms with Crippen molar-refractivity contribution in [3.63, 3.8) is 0 Å². The van der Waals surface area contributed by atoms with Gasteiger partial charge in [0.05, 0.1) is 30.3 Å². The molecule has 1 aromatic heterocycles. The molecule has 2 aromatic carbocycles. The lowest BCUT2D eigenvalue weighted by molar-refractivity contribution is -0.120. The molecule has 0 bridgehead atoms. The number of amides is 1. The van der Waals surface area contributed by atoms with Gasteiger partial charge in [0, 0.05) is 30.7 Å². The van der Waals surface area contributed by atoms with E-state index in [-0.39, 0.29) is 17.3 Å². The summed E-state index contributed by atoms with van der Waals surface area (Å²) in [7, 11) is -3.81. The topological polar surface area (TPSA) is 97.8 Å². The molecule has 1 atom stereocenters. The highest BCUT2D eigenvalue weighted by atomic mass is 32.2. The summed E-state index contributed by atoms with van der Waals surface area (Å²) >= 11 is 0. The van der Waals surface area contributed by atoms with Gasteiger partial charge in [-0.1, -0.05) is 18.2 Å². The van der Waals surface area contributed by atoms with Crippen molar-refractivity contribution in [1.29, 1.82) is 0 Å². The van der Waals surface area contributed by atoms with E-state index in [2.05, 4.69) is 10.3 Å². The quantitative estimate of drug-likeness (QED) is 0.519. The van der Waals surface area contributed by atoms with Crippen LogP contribution in [-0.4, -0.2) is 49.9 Å². The maximum atomic E-state index is 13.5. The number of ether oxygens (including phenoxy) is 2. The Labute approximate surface area is 199 Å². The first-order valence-electron chi connectivity index (χ1n) is 11.5. The highest BCUT2D eigenvalue weighted by Gasteiger charge is 2.34. The van der Waals surface area contributed by atoms with Crippen LogP contribution < -0.4 is 14.8 Å². The van der Waals surface area contributed by atoms with E-state index in [1.165, 1.54) is 4.31 Å². The Kier molecular flexibility index (Phi) is 7.33. The Morgan fingerprint density at radius 3 is 2.71 bits per heavy atom. The Morgan fingerprint density at radius 2 is 1.91 bits per heavy atom. The molecule has 1 saturated heterocycles. The number of sulfonamides is 1. The molecule has 1 aliphatic heterocycles. The van der Waals surface area contributed by atoms with Crippen LogP contribution in [0.25, 0.3) is 10.9 Å². The third-order valence-electron chi connectivity index (χ3n) is 5.79. The highest BCUT2D eigenvalue weighted by molar-refractivity contribution is 7.89. The summed E-state index contributed by atoms with van der Waals surface area (Å²) in [6.45, 7) is 5.17. The third-order valence-corrected chi connectivity index (χ3v) is 7.68. The fraction of sp³-hybridized carbons (Fsp3) is 0.360. The summed E-state index contributed by atoms with van der Waals surface area (Å²) in [5.74, 6) is 0.432. The number of rotatable bonds is 8. The van der Waals surface area contributed by atoms with Crippen molar-refractivity contribution in [3.05, 3.63) is 54.7 Å². The van der Waals surface area contributed by atoms with E-state index in [4.69, 9.17) is 9.47 Å². The number of fused-ring (bicyclic) bond motifs is 1. The summed E-state index contributed by atoms with van der Waals surface area (Å²) in [5, 5.41) is 3.68. The predicted octanol–water partition coefficient (Wildman–Crippen LogP) is 4.07. The zero-order valence-corrected chi connectivity index (χ0v) is 20.2. The number of carbonyl (C=O) groups excluding carboxylic acids is 1. The van der Waals surface area contributed by atoms with Gasteiger partial charge in [-0.25, -0.2) is 8.42 Å². The highest BCUT2D eigenvalue weighted by Crippen LogP contribution is 2.32. The number of hydrogen-bond donors (Lipinski definition) is 1. The molecule has 1 N–H and O–H groups in total. The lowest BCUT2D eigenvalue weighted by Crippen LogP contribution is -2.43. The van der Waals surface area contributed by atoms with Crippen molar-refractivity contribution in [2.75, 3.05) is 31.6 Å². The zero-order chi connectivity index (χ0) is 24.1. The van der Waals surface area contributed by atoms with Gasteiger partial charge >= 0.3 is 0 Å². The van der Waals surface area contributed by atoms with E-state index in [0.29, 0.717) is 55.3 Å². The minimum Gasteiger partial charge on any atom is -0.494 e. The Morgan fingerprint density at radius 1 is 1.12 bits per heavy atom. The molecule has 1 fully saturated rings. The molecule has 3 aromatic rings. The van der Waals surface area contributed by atoms with Gasteiger partial charge in [-0.15, -0.1) is 0 Å². The summed E-state index contributed by atoms with van der Waals surface area (Å²) < 4.78 is 39.6. The summed E-state index contributed by atoms with van der Waals surface area (Å²) in [4.78, 5) is 17.6. The molecule has 4 rings (SSSR count). The standard InChI is InChI=1S/C25H29N3O5S/c1-3-32-20-12-13-22(33-4-2)21(16-20)27-25(29)19-10-7-15-28(17-19)34(30,31)23-11-5-8-18-9-6-14-26-24(18)23/h5-6,8-9,11-14,16,19H,3-4,7,10,15,17H2,1-2H3,(H,27,29)/t19-/m0/s1. The number of hydrogen-bond acceptors (Lipinski definition) is 6. The van der Waals surface area contributed by atoms with Crippen LogP contribution in [0.3, 0.4) is 0 Å². The van der Waals surface area contributed by atoms with Crippen molar-refractivity contribution in [2.24, 2.45) is 5.92 Å². The molecule has 0 radical (unpaired) electrons. The van der Waals surface area contributed by atoms with Gasteiger partial charge in [0.2, 0.25) is 15.9 Å². The second kappa shape index (κ2) is 10.4. The molecule has 1 amide bonds. The van der Waals surface area contributed by atoms with Crippen LogP contribution in [0.2, 0.25) is 0 Å². The summed E-state index contributed by atoms with van der Waals surface area (Å²) in [5.41, 5.74) is 0.946. The number of piperidine rings is 1. The molecule has 8 nitrogen and oxygen atoms in total. The molecular weight excluding hydrogens is 454 g/mol. The van der Waals surface area contributed by atoms with Crippen LogP contribution in [0.15, 0.2) is 59.6 Å². The van der Waals surface area contributed by atoms with Crippen molar-refractivity contribution in [2.45, 2.75) is 31.6 Å². The smallest absolute Gasteiger partial charge is 0.245 e. The molecule has 34 heavy (non-hydrogen) atoms. The first-order chi connectivity index (χ1) is 16.4. The van der Waals surface area contributed by atoms with Crippen molar-refractivity contribution in [1.82, 2.24) is 9.29 Å². The number of nitrogens with zero attached hydrogens (tertiary/aromatic N) is 2. The van der Waals surface area contributed by atoms with Gasteiger partial charge < -0.3 is 14.8 Å². The van der Waals surface area contributed by atoms with E-state index in [1.54, 1.807) is 42.6 Å². The number of para-hydroxylation sites is 1. The molecule has 0 unspecified atom stereocenters. The maximum absolute atomic E-state index is 13.5. The number of benzene rings is 2. The fourth-order valence-corrected chi connectivity index (χ4v) is 5.87. The van der Waals surface area contributed by atoms with Gasteiger partial charge in [-0.3, -0.25) is 9.78 Å². The minimum atomic E-state index is -3.81. The third kappa shape index (κ3) is 5.00. The van der Waals surface area contributed by atoms with Gasteiger partial charge in [-0.05, 0) is 51.0 Å². The summed E-state index contributed by atoms with van der Waals surface area (Å²) in [6.07, 6.45) is 2.77. The van der Waals surface area contributed by atoms with Crippen molar-refractivity contribution >= 4 is 32.5 Å². The summed E-state index contributed by atoms with van der Waals surface area (Å²) in [6, 6.07) is 14.0. The minimum absolute atomic E-state index is 0.104. The monoisotopic (exact) mass is 483 g/mol. The van der Waals surface area contributed by atoms with Crippen molar-refractivity contribution < 1.29 is 22.7 Å². The average molecular weight is 484 g/mol. The Bertz CT molecular complexity index is 1270. The average Bonchev–Trinajstić information content (AvgIpc) is 2.85. The number of aromatic nitrogens is 1. The van der Waals surface area contributed by atoms with Crippen LogP contribution in [0, 0.1) is 5.92 Å². The van der Waals surface area contributed by atoms with Crippen LogP contribution >= 0.6 is 0 Å². The number of nitrogens with one attached hydrogen (secondary N) is 1. The number of pyridine rings is 1. The van der Waals surface area contributed by atoms with Crippen molar-refractivity contribution in [3.8, 4) is 11.5 Å². The van der Waals surface area contributed by atoms with Gasteiger partial charge in [0.25, 0.3) is 0 Å². The van der Waals surface area contributed by atoms with E-state index in [9.17, 15) is 13.2 Å². The second-order valence-electron chi connectivity index (χ2n) is 8.05. The Hall–Kier alpha value is -3.17. The van der Waals surface area contributed by atoms with Gasteiger partial charge in [0.1, 0.15) is 16.4 Å². The zero-order valence-electron chi connectivity index (χ0n) is 19.4. The van der Waals surface area contributed by atoms with E-state index < -0.39 is 15.9 Å². The first kappa shape index (κ1) is 24.0. The number of carbonyl (C=O) groups is 1. The van der Waals surface area contributed by atoms with Crippen LogP contribution in [0.5, 0.6) is 11.5 Å². The maximum Gasteiger partial charge on any atom is 0.245 e. The van der Waals surface area contributed by atoms with Gasteiger partial charge in [-0.2, -0.15) is 4.31 Å². The molecular formula is C25H29N3O5S.